The SMILES string of the molecule is C[C@@H]1[C@H](C)[C@@H](O)[C@H](C)O[C@H]1Sc1ccccc1. The Morgan fingerprint density at radius 3 is 2.35 bits per heavy atom. The Hall–Kier alpha value is -0.510. The van der Waals surface area contributed by atoms with Crippen LogP contribution < -0.4 is 0 Å². The number of hydrogen-bond acceptors (Lipinski definition) is 3. The Morgan fingerprint density at radius 1 is 1.06 bits per heavy atom. The van der Waals surface area contributed by atoms with Gasteiger partial charge in [-0.25, -0.2) is 0 Å². The van der Waals surface area contributed by atoms with Crippen LogP contribution in [0.3, 0.4) is 0 Å². The van der Waals surface area contributed by atoms with Gasteiger partial charge in [0, 0.05) is 4.90 Å². The predicted molar refractivity (Wildman–Crippen MR) is 71.0 cm³/mol. The lowest BCUT2D eigenvalue weighted by atomic mass is 9.86. The summed E-state index contributed by atoms with van der Waals surface area (Å²) in [5.41, 5.74) is 0.130. The summed E-state index contributed by atoms with van der Waals surface area (Å²) >= 11 is 1.75. The maximum atomic E-state index is 9.97. The van der Waals surface area contributed by atoms with Gasteiger partial charge in [0.25, 0.3) is 0 Å². The third-order valence-electron chi connectivity index (χ3n) is 3.62. The Labute approximate surface area is 107 Å². The fourth-order valence-electron chi connectivity index (χ4n) is 2.17. The van der Waals surface area contributed by atoms with Crippen LogP contribution >= 0.6 is 11.8 Å². The zero-order valence-electron chi connectivity index (χ0n) is 10.5. The number of thioether (sulfide) groups is 1. The number of benzene rings is 1. The number of rotatable bonds is 2. The predicted octanol–water partition coefficient (Wildman–Crippen LogP) is 3.16. The van der Waals surface area contributed by atoms with Crippen LogP contribution in [0.1, 0.15) is 20.8 Å². The largest absolute Gasteiger partial charge is 0.390 e. The highest BCUT2D eigenvalue weighted by atomic mass is 32.2. The molecule has 2 nitrogen and oxygen atoms in total. The average Bonchev–Trinajstić information content (AvgIpc) is 2.35. The molecule has 1 aliphatic rings. The third-order valence-corrected chi connectivity index (χ3v) is 4.94. The van der Waals surface area contributed by atoms with Crippen molar-refractivity contribution in [3.63, 3.8) is 0 Å². The van der Waals surface area contributed by atoms with E-state index in [0.29, 0.717) is 5.92 Å². The quantitative estimate of drug-likeness (QED) is 0.876. The van der Waals surface area contributed by atoms with Gasteiger partial charge in [0.1, 0.15) is 5.44 Å². The molecular formula is C14H20O2S. The highest BCUT2D eigenvalue weighted by molar-refractivity contribution is 7.99. The molecule has 0 saturated carbocycles. The van der Waals surface area contributed by atoms with Crippen molar-refractivity contribution in [2.45, 2.75) is 43.3 Å². The second-order valence-electron chi connectivity index (χ2n) is 4.85. The molecule has 0 amide bonds. The third kappa shape index (κ3) is 2.84. The summed E-state index contributed by atoms with van der Waals surface area (Å²) in [7, 11) is 0. The van der Waals surface area contributed by atoms with E-state index in [4.69, 9.17) is 4.74 Å². The summed E-state index contributed by atoms with van der Waals surface area (Å²) in [6.45, 7) is 6.21. The van der Waals surface area contributed by atoms with Gasteiger partial charge in [-0.3, -0.25) is 0 Å². The second kappa shape index (κ2) is 5.42. The molecule has 5 atom stereocenters. The van der Waals surface area contributed by atoms with Gasteiger partial charge in [-0.1, -0.05) is 43.8 Å². The van der Waals surface area contributed by atoms with Crippen molar-refractivity contribution < 1.29 is 9.84 Å². The van der Waals surface area contributed by atoms with Crippen LogP contribution in [0.15, 0.2) is 35.2 Å². The van der Waals surface area contributed by atoms with Crippen molar-refractivity contribution in [1.29, 1.82) is 0 Å². The summed E-state index contributed by atoms with van der Waals surface area (Å²) in [6, 6.07) is 10.3. The summed E-state index contributed by atoms with van der Waals surface area (Å²) in [5.74, 6) is 0.631. The summed E-state index contributed by atoms with van der Waals surface area (Å²) in [5, 5.41) is 9.97. The first-order valence-electron chi connectivity index (χ1n) is 6.15. The Bertz CT molecular complexity index is 354. The minimum atomic E-state index is -0.349. The number of ether oxygens (including phenoxy) is 1. The van der Waals surface area contributed by atoms with Crippen molar-refractivity contribution in [3.8, 4) is 0 Å². The average molecular weight is 252 g/mol. The highest BCUT2D eigenvalue weighted by Gasteiger charge is 2.38. The molecule has 1 heterocycles. The van der Waals surface area contributed by atoms with E-state index < -0.39 is 0 Å². The van der Waals surface area contributed by atoms with Crippen molar-refractivity contribution in [1.82, 2.24) is 0 Å². The fraction of sp³-hybridized carbons (Fsp3) is 0.571. The minimum Gasteiger partial charge on any atom is -0.390 e. The summed E-state index contributed by atoms with van der Waals surface area (Å²) < 4.78 is 5.90. The zero-order chi connectivity index (χ0) is 12.4. The van der Waals surface area contributed by atoms with E-state index in [1.807, 2.05) is 25.1 Å². The molecule has 0 bridgehead atoms. The smallest absolute Gasteiger partial charge is 0.111 e. The maximum Gasteiger partial charge on any atom is 0.111 e. The minimum absolute atomic E-state index is 0.0811. The highest BCUT2D eigenvalue weighted by Crippen LogP contribution is 2.39. The molecular weight excluding hydrogens is 232 g/mol. The molecule has 0 aromatic heterocycles. The molecule has 0 aliphatic carbocycles. The van der Waals surface area contributed by atoms with E-state index in [9.17, 15) is 5.11 Å². The fourth-order valence-corrected chi connectivity index (χ4v) is 3.45. The number of aliphatic hydroxyl groups excluding tert-OH is 1. The summed E-state index contributed by atoms with van der Waals surface area (Å²) in [6.07, 6.45) is -0.431. The van der Waals surface area contributed by atoms with Gasteiger partial charge < -0.3 is 9.84 Å². The van der Waals surface area contributed by atoms with Gasteiger partial charge in [0.05, 0.1) is 12.2 Å². The number of aliphatic hydroxyl groups is 1. The van der Waals surface area contributed by atoms with Gasteiger partial charge in [0.15, 0.2) is 0 Å². The van der Waals surface area contributed by atoms with E-state index >= 15 is 0 Å². The molecule has 94 valence electrons. The first kappa shape index (κ1) is 12.9. The van der Waals surface area contributed by atoms with E-state index in [1.165, 1.54) is 4.90 Å². The van der Waals surface area contributed by atoms with Gasteiger partial charge in [-0.05, 0) is 30.9 Å². The molecule has 3 heteroatoms. The van der Waals surface area contributed by atoms with Crippen LogP contribution in [0.4, 0.5) is 0 Å². The molecule has 1 aromatic carbocycles. The van der Waals surface area contributed by atoms with Gasteiger partial charge in [0.2, 0.25) is 0 Å². The maximum absolute atomic E-state index is 9.97. The normalized spacial score (nSPS) is 38.0. The van der Waals surface area contributed by atoms with E-state index in [2.05, 4.69) is 26.0 Å². The van der Waals surface area contributed by atoms with Crippen molar-refractivity contribution in [2.24, 2.45) is 11.8 Å². The molecule has 1 aromatic rings. The van der Waals surface area contributed by atoms with Gasteiger partial charge >= 0.3 is 0 Å². The van der Waals surface area contributed by atoms with Crippen LogP contribution in [-0.2, 0) is 4.74 Å². The van der Waals surface area contributed by atoms with E-state index in [0.717, 1.165) is 0 Å². The molecule has 2 rings (SSSR count). The molecule has 0 radical (unpaired) electrons. The first-order chi connectivity index (χ1) is 8.09. The van der Waals surface area contributed by atoms with Crippen molar-refractivity contribution in [2.75, 3.05) is 0 Å². The molecule has 1 aliphatic heterocycles. The first-order valence-corrected chi connectivity index (χ1v) is 7.03. The molecule has 0 unspecified atom stereocenters. The number of hydrogen-bond donors (Lipinski definition) is 1. The van der Waals surface area contributed by atoms with E-state index in [1.54, 1.807) is 11.8 Å². The molecule has 17 heavy (non-hydrogen) atoms. The van der Waals surface area contributed by atoms with Gasteiger partial charge in [-0.15, -0.1) is 0 Å². The lowest BCUT2D eigenvalue weighted by Crippen LogP contribution is -2.46. The van der Waals surface area contributed by atoms with Crippen LogP contribution in [-0.4, -0.2) is 22.8 Å². The zero-order valence-corrected chi connectivity index (χ0v) is 11.4. The lowest BCUT2D eigenvalue weighted by Gasteiger charge is -2.41. The van der Waals surface area contributed by atoms with Crippen LogP contribution in [0.25, 0.3) is 0 Å². The Balaban J connectivity index is 2.06. The second-order valence-corrected chi connectivity index (χ2v) is 6.02. The molecule has 1 N–H and O–H groups in total. The van der Waals surface area contributed by atoms with Crippen molar-refractivity contribution >= 4 is 11.8 Å². The van der Waals surface area contributed by atoms with Crippen molar-refractivity contribution in [3.05, 3.63) is 30.3 Å². The lowest BCUT2D eigenvalue weighted by molar-refractivity contribution is -0.130. The monoisotopic (exact) mass is 252 g/mol. The Morgan fingerprint density at radius 2 is 1.71 bits per heavy atom. The molecule has 1 saturated heterocycles. The van der Waals surface area contributed by atoms with Gasteiger partial charge in [-0.2, -0.15) is 0 Å². The molecule has 1 fully saturated rings. The summed E-state index contributed by atoms with van der Waals surface area (Å²) in [4.78, 5) is 1.22. The van der Waals surface area contributed by atoms with Crippen LogP contribution in [0.2, 0.25) is 0 Å². The van der Waals surface area contributed by atoms with Crippen LogP contribution in [0, 0.1) is 11.8 Å². The van der Waals surface area contributed by atoms with E-state index in [-0.39, 0.29) is 23.6 Å². The molecule has 0 spiro atoms. The Kier molecular flexibility index (Phi) is 4.13. The standard InChI is InChI=1S/C14H20O2S/c1-9-10(2)14(16-11(3)13(9)15)17-12-7-5-4-6-8-12/h4-11,13-15H,1-3H3/t9-,10+,11-,13+,14-/m0/s1. The van der Waals surface area contributed by atoms with Crippen LogP contribution in [0.5, 0.6) is 0 Å². The topological polar surface area (TPSA) is 29.5 Å².